The molecule has 1 aromatic heterocycles. The van der Waals surface area contributed by atoms with Crippen molar-refractivity contribution in [2.45, 2.75) is 32.2 Å². The molecule has 1 heterocycles. The molecular formula is C12H17NO3S. The van der Waals surface area contributed by atoms with Gasteiger partial charge in [-0.25, -0.2) is 4.79 Å². The van der Waals surface area contributed by atoms with Gasteiger partial charge in [0.05, 0.1) is 7.11 Å². The van der Waals surface area contributed by atoms with Crippen LogP contribution >= 0.6 is 11.3 Å². The Bertz CT molecular complexity index is 362. The van der Waals surface area contributed by atoms with Gasteiger partial charge in [0.25, 0.3) is 0 Å². The van der Waals surface area contributed by atoms with E-state index in [2.05, 4.69) is 16.1 Å². The van der Waals surface area contributed by atoms with E-state index in [1.165, 1.54) is 12.0 Å². The Morgan fingerprint density at radius 3 is 2.88 bits per heavy atom. The minimum absolute atomic E-state index is 0.112. The van der Waals surface area contributed by atoms with Crippen molar-refractivity contribution in [3.63, 3.8) is 0 Å². The number of rotatable bonds is 6. The zero-order valence-electron chi connectivity index (χ0n) is 10.1. The van der Waals surface area contributed by atoms with Crippen molar-refractivity contribution in [2.75, 3.05) is 7.11 Å². The first kappa shape index (κ1) is 13.7. The number of nitrogens with one attached hydrogen (secondary N) is 1. The summed E-state index contributed by atoms with van der Waals surface area (Å²) in [5.41, 5.74) is 0. The first-order chi connectivity index (χ1) is 8.13. The zero-order chi connectivity index (χ0) is 12.7. The Kier molecular flexibility index (Phi) is 5.69. The molecule has 1 aromatic rings. The van der Waals surface area contributed by atoms with Crippen molar-refractivity contribution in [1.82, 2.24) is 5.32 Å². The molecule has 94 valence electrons. The summed E-state index contributed by atoms with van der Waals surface area (Å²) < 4.78 is 4.52. The number of methoxy groups -OCH3 is 1. The highest BCUT2D eigenvalue weighted by atomic mass is 32.1. The van der Waals surface area contributed by atoms with Crippen LogP contribution in [0.3, 0.4) is 0 Å². The molecule has 0 aliphatic rings. The molecule has 17 heavy (non-hydrogen) atoms. The SMILES string of the molecule is COC(=O)C(C)NC(=O)CCCc1cccs1. The van der Waals surface area contributed by atoms with Gasteiger partial charge in [-0.15, -0.1) is 11.3 Å². The molecule has 0 aliphatic heterocycles. The van der Waals surface area contributed by atoms with Gasteiger partial charge in [-0.2, -0.15) is 0 Å². The first-order valence-electron chi connectivity index (χ1n) is 5.53. The summed E-state index contributed by atoms with van der Waals surface area (Å²) in [4.78, 5) is 23.8. The normalized spacial score (nSPS) is 11.9. The fourth-order valence-electron chi connectivity index (χ4n) is 1.43. The molecule has 5 heteroatoms. The fourth-order valence-corrected chi connectivity index (χ4v) is 2.18. The van der Waals surface area contributed by atoms with Crippen LogP contribution in [0.5, 0.6) is 0 Å². The Hall–Kier alpha value is -1.36. The third-order valence-electron chi connectivity index (χ3n) is 2.34. The molecule has 4 nitrogen and oxygen atoms in total. The van der Waals surface area contributed by atoms with Crippen LogP contribution in [0.2, 0.25) is 0 Å². The summed E-state index contributed by atoms with van der Waals surface area (Å²) in [6.07, 6.45) is 2.12. The van der Waals surface area contributed by atoms with Crippen LogP contribution in [0.25, 0.3) is 0 Å². The fraction of sp³-hybridized carbons (Fsp3) is 0.500. The van der Waals surface area contributed by atoms with Gasteiger partial charge < -0.3 is 10.1 Å². The van der Waals surface area contributed by atoms with Gasteiger partial charge in [-0.1, -0.05) is 6.07 Å². The van der Waals surface area contributed by atoms with E-state index in [-0.39, 0.29) is 5.91 Å². The number of ether oxygens (including phenoxy) is 1. The van der Waals surface area contributed by atoms with E-state index in [4.69, 9.17) is 0 Å². The number of esters is 1. The quantitative estimate of drug-likeness (QED) is 0.788. The number of hydrogen-bond acceptors (Lipinski definition) is 4. The lowest BCUT2D eigenvalue weighted by molar-refractivity contribution is -0.144. The van der Waals surface area contributed by atoms with Crippen LogP contribution in [0, 0.1) is 0 Å². The van der Waals surface area contributed by atoms with Crippen LogP contribution in [-0.2, 0) is 20.7 Å². The maximum atomic E-state index is 11.5. The summed E-state index contributed by atoms with van der Waals surface area (Å²) in [5.74, 6) is -0.531. The smallest absolute Gasteiger partial charge is 0.328 e. The van der Waals surface area contributed by atoms with E-state index in [1.54, 1.807) is 18.3 Å². The summed E-state index contributed by atoms with van der Waals surface area (Å²) >= 11 is 1.69. The Labute approximate surface area is 105 Å². The Morgan fingerprint density at radius 2 is 2.29 bits per heavy atom. The second-order valence-electron chi connectivity index (χ2n) is 3.75. The number of carbonyl (C=O) groups is 2. The number of hydrogen-bond donors (Lipinski definition) is 1. The van der Waals surface area contributed by atoms with Crippen molar-refractivity contribution >= 4 is 23.2 Å². The van der Waals surface area contributed by atoms with E-state index < -0.39 is 12.0 Å². The molecular weight excluding hydrogens is 238 g/mol. The average Bonchev–Trinajstić information content (AvgIpc) is 2.80. The van der Waals surface area contributed by atoms with E-state index in [9.17, 15) is 9.59 Å². The minimum Gasteiger partial charge on any atom is -0.467 e. The van der Waals surface area contributed by atoms with E-state index >= 15 is 0 Å². The zero-order valence-corrected chi connectivity index (χ0v) is 10.9. The highest BCUT2D eigenvalue weighted by molar-refractivity contribution is 7.09. The molecule has 0 fully saturated rings. The number of aryl methyl sites for hydroxylation is 1. The van der Waals surface area contributed by atoms with E-state index in [0.29, 0.717) is 6.42 Å². The van der Waals surface area contributed by atoms with Gasteiger partial charge in [0, 0.05) is 11.3 Å². The predicted octanol–water partition coefficient (Wildman–Crippen LogP) is 1.75. The summed E-state index contributed by atoms with van der Waals surface area (Å²) in [7, 11) is 1.31. The molecule has 0 aliphatic carbocycles. The van der Waals surface area contributed by atoms with Gasteiger partial charge in [-0.3, -0.25) is 4.79 Å². The average molecular weight is 255 g/mol. The molecule has 1 unspecified atom stereocenters. The van der Waals surface area contributed by atoms with Crippen molar-refractivity contribution in [1.29, 1.82) is 0 Å². The van der Waals surface area contributed by atoms with Crippen molar-refractivity contribution in [3.05, 3.63) is 22.4 Å². The van der Waals surface area contributed by atoms with Crippen LogP contribution in [0.1, 0.15) is 24.6 Å². The van der Waals surface area contributed by atoms with Crippen LogP contribution in [-0.4, -0.2) is 25.0 Å². The highest BCUT2D eigenvalue weighted by Gasteiger charge is 2.15. The number of carbonyl (C=O) groups excluding carboxylic acids is 2. The molecule has 0 bridgehead atoms. The van der Waals surface area contributed by atoms with E-state index in [1.807, 2.05) is 11.4 Å². The molecule has 1 N–H and O–H groups in total. The summed E-state index contributed by atoms with van der Waals surface area (Å²) in [6, 6.07) is 3.48. The van der Waals surface area contributed by atoms with Crippen molar-refractivity contribution in [2.24, 2.45) is 0 Å². The third kappa shape index (κ3) is 4.99. The summed E-state index contributed by atoms with van der Waals surface area (Å²) in [5, 5.41) is 4.62. The highest BCUT2D eigenvalue weighted by Crippen LogP contribution is 2.11. The van der Waals surface area contributed by atoms with Crippen molar-refractivity contribution < 1.29 is 14.3 Å². The second kappa shape index (κ2) is 7.06. The number of thiophene rings is 1. The van der Waals surface area contributed by atoms with Crippen molar-refractivity contribution in [3.8, 4) is 0 Å². The molecule has 1 atom stereocenters. The standard InChI is InChI=1S/C12H17NO3S/c1-9(12(15)16-2)13-11(14)7-3-5-10-6-4-8-17-10/h4,6,8-9H,3,5,7H2,1-2H3,(H,13,14). The maximum Gasteiger partial charge on any atom is 0.328 e. The van der Waals surface area contributed by atoms with Crippen LogP contribution < -0.4 is 5.32 Å². The summed E-state index contributed by atoms with van der Waals surface area (Å²) in [6.45, 7) is 1.61. The lowest BCUT2D eigenvalue weighted by Gasteiger charge is -2.11. The van der Waals surface area contributed by atoms with Gasteiger partial charge in [0.15, 0.2) is 0 Å². The van der Waals surface area contributed by atoms with Crippen LogP contribution in [0.4, 0.5) is 0 Å². The van der Waals surface area contributed by atoms with Crippen LogP contribution in [0.15, 0.2) is 17.5 Å². The largest absolute Gasteiger partial charge is 0.467 e. The lowest BCUT2D eigenvalue weighted by atomic mass is 10.2. The molecule has 0 saturated carbocycles. The second-order valence-corrected chi connectivity index (χ2v) is 4.78. The van der Waals surface area contributed by atoms with Gasteiger partial charge in [0.1, 0.15) is 6.04 Å². The van der Waals surface area contributed by atoms with Gasteiger partial charge >= 0.3 is 5.97 Å². The third-order valence-corrected chi connectivity index (χ3v) is 3.28. The first-order valence-corrected chi connectivity index (χ1v) is 6.41. The molecule has 0 radical (unpaired) electrons. The van der Waals surface area contributed by atoms with Gasteiger partial charge in [-0.05, 0) is 31.2 Å². The monoisotopic (exact) mass is 255 g/mol. The number of amides is 1. The van der Waals surface area contributed by atoms with E-state index in [0.717, 1.165) is 12.8 Å². The molecule has 0 saturated heterocycles. The predicted molar refractivity (Wildman–Crippen MR) is 66.9 cm³/mol. The lowest BCUT2D eigenvalue weighted by Crippen LogP contribution is -2.39. The molecule has 1 amide bonds. The Morgan fingerprint density at radius 1 is 1.53 bits per heavy atom. The minimum atomic E-state index is -0.575. The Balaban J connectivity index is 2.19. The molecule has 0 spiro atoms. The molecule has 0 aromatic carbocycles. The topological polar surface area (TPSA) is 55.4 Å². The molecule has 1 rings (SSSR count). The maximum absolute atomic E-state index is 11.5. The van der Waals surface area contributed by atoms with Gasteiger partial charge in [0.2, 0.25) is 5.91 Å².